The molecule has 7 heteroatoms. The van der Waals surface area contributed by atoms with Crippen LogP contribution < -0.4 is 10.2 Å². The molecule has 3 N–H and O–H groups in total. The maximum Gasteiger partial charge on any atom is 0.239 e. The maximum absolute atomic E-state index is 11.6. The zero-order valence-corrected chi connectivity index (χ0v) is 10.8. The molecule has 18 heavy (non-hydrogen) atoms. The van der Waals surface area contributed by atoms with Gasteiger partial charge in [-0.2, -0.15) is 0 Å². The van der Waals surface area contributed by atoms with Crippen LogP contribution in [0.1, 0.15) is 0 Å². The fourth-order valence-corrected chi connectivity index (χ4v) is 1.42. The summed E-state index contributed by atoms with van der Waals surface area (Å²) >= 11 is 5.71. The van der Waals surface area contributed by atoms with Crippen LogP contribution in [0.2, 0.25) is 5.02 Å². The predicted molar refractivity (Wildman–Crippen MR) is 68.6 cm³/mol. The van der Waals surface area contributed by atoms with Gasteiger partial charge in [-0.3, -0.25) is 4.79 Å². The second-order valence-electron chi connectivity index (χ2n) is 3.82. The van der Waals surface area contributed by atoms with Crippen molar-refractivity contribution in [3.8, 4) is 0 Å². The Kier molecular flexibility index (Phi) is 5.84. The second-order valence-corrected chi connectivity index (χ2v) is 4.26. The summed E-state index contributed by atoms with van der Waals surface area (Å²) in [5.41, 5.74) is 0. The summed E-state index contributed by atoms with van der Waals surface area (Å²) in [5, 5.41) is 20.7. The molecule has 0 saturated heterocycles. The van der Waals surface area contributed by atoms with Crippen LogP contribution in [-0.2, 0) is 4.79 Å². The minimum absolute atomic E-state index is 0.0745. The number of aromatic nitrogens is 1. The van der Waals surface area contributed by atoms with E-state index in [1.54, 1.807) is 24.1 Å². The van der Waals surface area contributed by atoms with Crippen molar-refractivity contribution in [2.24, 2.45) is 0 Å². The number of aliphatic hydroxyl groups excluding tert-OH is 2. The smallest absolute Gasteiger partial charge is 0.239 e. The number of nitrogens with one attached hydrogen (secondary N) is 1. The van der Waals surface area contributed by atoms with Gasteiger partial charge in [-0.15, -0.1) is 0 Å². The van der Waals surface area contributed by atoms with Crippen molar-refractivity contribution in [1.82, 2.24) is 10.3 Å². The molecule has 0 atom stereocenters. The molecule has 0 aliphatic rings. The average Bonchev–Trinajstić information content (AvgIpc) is 2.36. The number of pyridine rings is 1. The molecule has 1 rings (SSSR count). The molecule has 0 bridgehead atoms. The Balaban J connectivity index is 2.51. The van der Waals surface area contributed by atoms with Crippen LogP contribution >= 0.6 is 11.6 Å². The van der Waals surface area contributed by atoms with Crippen LogP contribution in [0.15, 0.2) is 18.3 Å². The SMILES string of the molecule is CN(CC(=O)NC(CO)CO)c1ccc(Cl)cn1. The molecule has 0 aliphatic heterocycles. The Morgan fingerprint density at radius 3 is 2.67 bits per heavy atom. The van der Waals surface area contributed by atoms with Gasteiger partial charge in [0, 0.05) is 13.2 Å². The van der Waals surface area contributed by atoms with E-state index in [-0.39, 0.29) is 25.7 Å². The summed E-state index contributed by atoms with van der Waals surface area (Å²) in [5.74, 6) is 0.307. The van der Waals surface area contributed by atoms with Crippen molar-refractivity contribution in [2.75, 3.05) is 31.7 Å². The molecular formula is C11H16ClN3O3. The minimum atomic E-state index is -0.635. The van der Waals surface area contributed by atoms with Crippen molar-refractivity contribution >= 4 is 23.3 Å². The lowest BCUT2D eigenvalue weighted by molar-refractivity contribution is -0.121. The van der Waals surface area contributed by atoms with Gasteiger partial charge >= 0.3 is 0 Å². The maximum atomic E-state index is 11.6. The van der Waals surface area contributed by atoms with E-state index in [4.69, 9.17) is 21.8 Å². The number of rotatable bonds is 6. The Labute approximate surface area is 110 Å². The van der Waals surface area contributed by atoms with Gasteiger partial charge in [0.25, 0.3) is 0 Å². The lowest BCUT2D eigenvalue weighted by Crippen LogP contribution is -2.44. The predicted octanol–water partition coefficient (Wildman–Crippen LogP) is -0.359. The van der Waals surface area contributed by atoms with E-state index in [1.165, 1.54) is 6.20 Å². The average molecular weight is 274 g/mol. The summed E-state index contributed by atoms with van der Waals surface area (Å²) in [6, 6.07) is 2.75. The van der Waals surface area contributed by atoms with Crippen molar-refractivity contribution in [3.05, 3.63) is 23.4 Å². The zero-order chi connectivity index (χ0) is 13.5. The number of hydrogen-bond acceptors (Lipinski definition) is 5. The minimum Gasteiger partial charge on any atom is -0.394 e. The Morgan fingerprint density at radius 1 is 1.50 bits per heavy atom. The van der Waals surface area contributed by atoms with Crippen LogP contribution in [0.4, 0.5) is 5.82 Å². The van der Waals surface area contributed by atoms with Gasteiger partial charge in [0.2, 0.25) is 5.91 Å². The number of anilines is 1. The molecule has 0 radical (unpaired) electrons. The highest BCUT2D eigenvalue weighted by Crippen LogP contribution is 2.12. The lowest BCUT2D eigenvalue weighted by atomic mass is 10.3. The number of hydrogen-bond donors (Lipinski definition) is 3. The number of amides is 1. The third-order valence-corrected chi connectivity index (χ3v) is 2.51. The third-order valence-electron chi connectivity index (χ3n) is 2.29. The molecule has 0 spiro atoms. The van der Waals surface area contributed by atoms with Gasteiger partial charge in [-0.1, -0.05) is 11.6 Å². The molecule has 100 valence electrons. The summed E-state index contributed by atoms with van der Waals surface area (Å²) < 4.78 is 0. The van der Waals surface area contributed by atoms with Crippen LogP contribution in [-0.4, -0.2) is 54.0 Å². The highest BCUT2D eigenvalue weighted by atomic mass is 35.5. The normalized spacial score (nSPS) is 10.5. The molecule has 0 aromatic carbocycles. The van der Waals surface area contributed by atoms with Crippen molar-refractivity contribution in [1.29, 1.82) is 0 Å². The topological polar surface area (TPSA) is 85.7 Å². The highest BCUT2D eigenvalue weighted by Gasteiger charge is 2.12. The van der Waals surface area contributed by atoms with Crippen LogP contribution in [0.25, 0.3) is 0 Å². The molecular weight excluding hydrogens is 258 g/mol. The fraction of sp³-hybridized carbons (Fsp3) is 0.455. The molecule has 1 heterocycles. The summed E-state index contributed by atoms with van der Waals surface area (Å²) in [6.45, 7) is -0.526. The molecule has 0 saturated carbocycles. The van der Waals surface area contributed by atoms with Crippen molar-refractivity contribution < 1.29 is 15.0 Å². The van der Waals surface area contributed by atoms with Gasteiger partial charge < -0.3 is 20.4 Å². The number of nitrogens with zero attached hydrogens (tertiary/aromatic N) is 2. The van der Waals surface area contributed by atoms with Crippen LogP contribution in [0.5, 0.6) is 0 Å². The third kappa shape index (κ3) is 4.48. The molecule has 0 unspecified atom stereocenters. The highest BCUT2D eigenvalue weighted by molar-refractivity contribution is 6.30. The van der Waals surface area contributed by atoms with E-state index in [2.05, 4.69) is 10.3 Å². The molecule has 6 nitrogen and oxygen atoms in total. The number of likely N-dealkylation sites (N-methyl/N-ethyl adjacent to an activating group) is 1. The summed E-state index contributed by atoms with van der Waals surface area (Å²) in [6.07, 6.45) is 1.50. The van der Waals surface area contributed by atoms with Crippen molar-refractivity contribution in [2.45, 2.75) is 6.04 Å². The fourth-order valence-electron chi connectivity index (χ4n) is 1.31. The van der Waals surface area contributed by atoms with Gasteiger partial charge in [-0.25, -0.2) is 4.98 Å². The van der Waals surface area contributed by atoms with Gasteiger partial charge in [0.1, 0.15) is 5.82 Å². The van der Waals surface area contributed by atoms with E-state index in [0.29, 0.717) is 10.8 Å². The number of carbonyl (C=O) groups excluding carboxylic acids is 1. The second kappa shape index (κ2) is 7.15. The largest absolute Gasteiger partial charge is 0.394 e. The quantitative estimate of drug-likeness (QED) is 0.659. The molecule has 1 aromatic heterocycles. The molecule has 0 fully saturated rings. The number of carbonyl (C=O) groups is 1. The molecule has 1 aromatic rings. The van der Waals surface area contributed by atoms with E-state index in [1.807, 2.05) is 0 Å². The molecule has 0 aliphatic carbocycles. The van der Waals surface area contributed by atoms with E-state index in [9.17, 15) is 4.79 Å². The number of aliphatic hydroxyl groups is 2. The first kappa shape index (κ1) is 14.7. The van der Waals surface area contributed by atoms with E-state index >= 15 is 0 Å². The van der Waals surface area contributed by atoms with Gasteiger partial charge in [-0.05, 0) is 12.1 Å². The standard InChI is InChI=1S/C11H16ClN3O3/c1-15(10-3-2-8(12)4-13-10)5-11(18)14-9(6-16)7-17/h2-4,9,16-17H,5-7H2,1H3,(H,14,18). The first-order valence-corrected chi connectivity index (χ1v) is 5.78. The number of halogens is 1. The summed E-state index contributed by atoms with van der Waals surface area (Å²) in [4.78, 5) is 17.3. The first-order valence-electron chi connectivity index (χ1n) is 5.40. The van der Waals surface area contributed by atoms with Gasteiger partial charge in [0.05, 0.1) is 30.8 Å². The van der Waals surface area contributed by atoms with E-state index < -0.39 is 6.04 Å². The monoisotopic (exact) mass is 273 g/mol. The zero-order valence-electron chi connectivity index (χ0n) is 10.0. The van der Waals surface area contributed by atoms with Crippen LogP contribution in [0, 0.1) is 0 Å². The molecule has 1 amide bonds. The Hall–Kier alpha value is -1.37. The van der Waals surface area contributed by atoms with E-state index in [0.717, 1.165) is 0 Å². The Bertz CT molecular complexity index is 382. The van der Waals surface area contributed by atoms with Crippen LogP contribution in [0.3, 0.4) is 0 Å². The first-order chi connectivity index (χ1) is 8.56. The Morgan fingerprint density at radius 2 is 2.17 bits per heavy atom. The lowest BCUT2D eigenvalue weighted by Gasteiger charge is -2.19. The van der Waals surface area contributed by atoms with Crippen molar-refractivity contribution in [3.63, 3.8) is 0 Å². The summed E-state index contributed by atoms with van der Waals surface area (Å²) in [7, 11) is 1.71. The van der Waals surface area contributed by atoms with Gasteiger partial charge in [0.15, 0.2) is 0 Å².